The third kappa shape index (κ3) is 4.46. The molecule has 3 N–H and O–H groups in total. The molecule has 162 valence electrons. The normalized spacial score (nSPS) is 17.3. The van der Waals surface area contributed by atoms with Gasteiger partial charge in [-0.3, -0.25) is 14.4 Å². The van der Waals surface area contributed by atoms with Crippen LogP contribution >= 0.6 is 0 Å². The number of carbonyl (C=O) groups excluding carboxylic acids is 3. The summed E-state index contributed by atoms with van der Waals surface area (Å²) in [6.07, 6.45) is 1.47. The molecule has 4 rings (SSSR count). The molecule has 7 nitrogen and oxygen atoms in total. The Morgan fingerprint density at radius 2 is 1.87 bits per heavy atom. The third-order valence-electron chi connectivity index (χ3n) is 6.06. The number of benzene rings is 2. The molecule has 2 aliphatic heterocycles. The van der Waals surface area contributed by atoms with Crippen molar-refractivity contribution in [3.63, 3.8) is 0 Å². The van der Waals surface area contributed by atoms with Gasteiger partial charge in [0.2, 0.25) is 11.8 Å². The molecule has 2 aromatic rings. The van der Waals surface area contributed by atoms with Crippen molar-refractivity contribution < 1.29 is 19.1 Å². The average molecular weight is 421 g/mol. The highest BCUT2D eigenvalue weighted by Crippen LogP contribution is 2.34. The second-order valence-corrected chi connectivity index (χ2v) is 8.28. The summed E-state index contributed by atoms with van der Waals surface area (Å²) in [5, 5.41) is 3.02. The summed E-state index contributed by atoms with van der Waals surface area (Å²) < 4.78 is 5.34. The van der Waals surface area contributed by atoms with Gasteiger partial charge in [-0.15, -0.1) is 0 Å². The molecule has 0 spiro atoms. The number of primary amides is 1. The maximum Gasteiger partial charge on any atom is 0.254 e. The first-order valence-corrected chi connectivity index (χ1v) is 10.6. The zero-order chi connectivity index (χ0) is 22.0. The SMILES string of the molecule is CC(CN1Cc2c(cccc2-c2cccc(NC(=O)C3CCOCC3)c2)C1=O)C(N)=O. The van der Waals surface area contributed by atoms with E-state index in [2.05, 4.69) is 5.32 Å². The van der Waals surface area contributed by atoms with Crippen LogP contribution in [0.25, 0.3) is 11.1 Å². The predicted molar refractivity (Wildman–Crippen MR) is 117 cm³/mol. The summed E-state index contributed by atoms with van der Waals surface area (Å²) in [7, 11) is 0. The Kier molecular flexibility index (Phi) is 6.04. The number of nitrogens with one attached hydrogen (secondary N) is 1. The molecule has 0 aliphatic carbocycles. The largest absolute Gasteiger partial charge is 0.381 e. The number of hydrogen-bond donors (Lipinski definition) is 2. The van der Waals surface area contributed by atoms with Crippen LogP contribution in [0.5, 0.6) is 0 Å². The van der Waals surface area contributed by atoms with Crippen LogP contribution in [-0.2, 0) is 20.9 Å². The molecule has 31 heavy (non-hydrogen) atoms. The Morgan fingerprint density at radius 1 is 1.16 bits per heavy atom. The first kappa shape index (κ1) is 21.1. The van der Waals surface area contributed by atoms with Crippen molar-refractivity contribution in [3.8, 4) is 11.1 Å². The lowest BCUT2D eigenvalue weighted by molar-refractivity contribution is -0.123. The monoisotopic (exact) mass is 421 g/mol. The molecule has 1 unspecified atom stereocenters. The van der Waals surface area contributed by atoms with Gasteiger partial charge in [0.1, 0.15) is 0 Å². The topological polar surface area (TPSA) is 102 Å². The van der Waals surface area contributed by atoms with Crippen LogP contribution < -0.4 is 11.1 Å². The molecule has 2 aliphatic rings. The van der Waals surface area contributed by atoms with Crippen molar-refractivity contribution in [1.82, 2.24) is 4.90 Å². The van der Waals surface area contributed by atoms with Crippen molar-refractivity contribution in [2.75, 3.05) is 25.1 Å². The summed E-state index contributed by atoms with van der Waals surface area (Å²) in [5.41, 5.74) is 9.56. The van der Waals surface area contributed by atoms with Crippen LogP contribution in [0.4, 0.5) is 5.69 Å². The number of fused-ring (bicyclic) bond motifs is 1. The smallest absolute Gasteiger partial charge is 0.254 e. The van der Waals surface area contributed by atoms with Crippen LogP contribution in [0, 0.1) is 11.8 Å². The fourth-order valence-electron chi connectivity index (χ4n) is 4.20. The van der Waals surface area contributed by atoms with Crippen molar-refractivity contribution in [2.24, 2.45) is 17.6 Å². The van der Waals surface area contributed by atoms with E-state index in [1.54, 1.807) is 11.8 Å². The minimum atomic E-state index is -0.419. The first-order valence-electron chi connectivity index (χ1n) is 10.6. The van der Waals surface area contributed by atoms with E-state index in [1.165, 1.54) is 0 Å². The number of amides is 3. The number of carbonyl (C=O) groups is 3. The van der Waals surface area contributed by atoms with Gasteiger partial charge in [0.25, 0.3) is 5.91 Å². The Hall–Kier alpha value is -3.19. The minimum absolute atomic E-state index is 0.0144. The second kappa shape index (κ2) is 8.89. The molecular formula is C24H27N3O4. The highest BCUT2D eigenvalue weighted by molar-refractivity contribution is 6.01. The van der Waals surface area contributed by atoms with E-state index in [1.807, 2.05) is 42.5 Å². The summed E-state index contributed by atoms with van der Waals surface area (Å²) >= 11 is 0. The molecule has 1 saturated heterocycles. The maximum atomic E-state index is 12.8. The lowest BCUT2D eigenvalue weighted by atomic mass is 9.96. The van der Waals surface area contributed by atoms with Gasteiger partial charge in [-0.25, -0.2) is 0 Å². The van der Waals surface area contributed by atoms with Crippen LogP contribution in [-0.4, -0.2) is 42.4 Å². The number of nitrogens with zero attached hydrogens (tertiary/aromatic N) is 1. The summed E-state index contributed by atoms with van der Waals surface area (Å²) in [6, 6.07) is 13.3. The molecule has 0 aromatic heterocycles. The number of ether oxygens (including phenoxy) is 1. The highest BCUT2D eigenvalue weighted by atomic mass is 16.5. The van der Waals surface area contributed by atoms with Gasteiger partial charge < -0.3 is 20.7 Å². The average Bonchev–Trinajstić information content (AvgIpc) is 3.10. The molecule has 1 atom stereocenters. The fraction of sp³-hybridized carbons (Fsp3) is 0.375. The van der Waals surface area contributed by atoms with Gasteiger partial charge in [0, 0.05) is 43.5 Å². The van der Waals surface area contributed by atoms with E-state index in [-0.39, 0.29) is 17.7 Å². The zero-order valence-corrected chi connectivity index (χ0v) is 17.6. The van der Waals surface area contributed by atoms with E-state index in [9.17, 15) is 14.4 Å². The molecule has 0 saturated carbocycles. The highest BCUT2D eigenvalue weighted by Gasteiger charge is 2.31. The standard InChI is InChI=1S/C24H27N3O4/c1-15(22(25)28)13-27-14-21-19(6-3-7-20(21)24(27)30)17-4-2-5-18(12-17)26-23(29)16-8-10-31-11-9-16/h2-7,12,15-16H,8-11,13-14H2,1H3,(H2,25,28)(H,26,29). The van der Waals surface area contributed by atoms with Crippen molar-refractivity contribution in [1.29, 1.82) is 0 Å². The van der Waals surface area contributed by atoms with Gasteiger partial charge in [-0.1, -0.05) is 31.2 Å². The van der Waals surface area contributed by atoms with Crippen LogP contribution in [0.3, 0.4) is 0 Å². The number of nitrogens with two attached hydrogens (primary N) is 1. The Bertz CT molecular complexity index is 1010. The minimum Gasteiger partial charge on any atom is -0.381 e. The Labute approximate surface area is 181 Å². The lowest BCUT2D eigenvalue weighted by Crippen LogP contribution is -2.34. The molecular weight excluding hydrogens is 394 g/mol. The van der Waals surface area contributed by atoms with Crippen molar-refractivity contribution in [3.05, 3.63) is 53.6 Å². The molecule has 3 amide bonds. The van der Waals surface area contributed by atoms with E-state index in [4.69, 9.17) is 10.5 Å². The predicted octanol–water partition coefficient (Wildman–Crippen LogP) is 2.80. The van der Waals surface area contributed by atoms with Gasteiger partial charge in [0.05, 0.1) is 5.92 Å². The van der Waals surface area contributed by atoms with E-state index < -0.39 is 11.8 Å². The second-order valence-electron chi connectivity index (χ2n) is 8.28. The summed E-state index contributed by atoms with van der Waals surface area (Å²) in [5.74, 6) is -0.936. The number of hydrogen-bond acceptors (Lipinski definition) is 4. The molecule has 7 heteroatoms. The molecule has 2 aromatic carbocycles. The Balaban J connectivity index is 1.55. The molecule has 0 bridgehead atoms. The van der Waals surface area contributed by atoms with Gasteiger partial charge in [0.15, 0.2) is 0 Å². The van der Waals surface area contributed by atoms with E-state index in [0.717, 1.165) is 35.2 Å². The molecule has 1 fully saturated rings. The van der Waals surface area contributed by atoms with Gasteiger partial charge in [-0.2, -0.15) is 0 Å². The van der Waals surface area contributed by atoms with Crippen LogP contribution in [0.15, 0.2) is 42.5 Å². The van der Waals surface area contributed by atoms with E-state index >= 15 is 0 Å². The van der Waals surface area contributed by atoms with Gasteiger partial charge in [-0.05, 0) is 47.7 Å². The van der Waals surface area contributed by atoms with Crippen LogP contribution in [0.2, 0.25) is 0 Å². The summed E-state index contributed by atoms with van der Waals surface area (Å²) in [4.78, 5) is 38.5. The number of rotatable bonds is 6. The van der Waals surface area contributed by atoms with Crippen molar-refractivity contribution >= 4 is 23.4 Å². The molecule has 0 radical (unpaired) electrons. The van der Waals surface area contributed by atoms with Crippen LogP contribution in [0.1, 0.15) is 35.7 Å². The van der Waals surface area contributed by atoms with E-state index in [0.29, 0.717) is 31.9 Å². The fourth-order valence-corrected chi connectivity index (χ4v) is 4.20. The number of anilines is 1. The molecule has 2 heterocycles. The van der Waals surface area contributed by atoms with Gasteiger partial charge >= 0.3 is 0 Å². The van der Waals surface area contributed by atoms with Crippen molar-refractivity contribution in [2.45, 2.75) is 26.3 Å². The third-order valence-corrected chi connectivity index (χ3v) is 6.06. The quantitative estimate of drug-likeness (QED) is 0.749. The zero-order valence-electron chi connectivity index (χ0n) is 17.6. The maximum absolute atomic E-state index is 12.8. The lowest BCUT2D eigenvalue weighted by Gasteiger charge is -2.21. The summed E-state index contributed by atoms with van der Waals surface area (Å²) in [6.45, 7) is 3.69. The first-order chi connectivity index (χ1) is 14.9. The Morgan fingerprint density at radius 3 is 2.61 bits per heavy atom.